The molecule has 2 N–H and O–H groups in total. The molecule has 0 radical (unpaired) electrons. The van der Waals surface area contributed by atoms with E-state index < -0.39 is 0 Å². The van der Waals surface area contributed by atoms with Crippen LogP contribution in [0.3, 0.4) is 0 Å². The molecule has 0 saturated carbocycles. The van der Waals surface area contributed by atoms with E-state index in [4.69, 9.17) is 5.73 Å². The molecule has 0 atom stereocenters. The maximum Gasteiger partial charge on any atom is 0.172 e. The van der Waals surface area contributed by atoms with E-state index in [9.17, 15) is 0 Å². The SMILES string of the molecule is C=C/C(=C\C=C/C)N(C)C(=CN)C(N=CC)=NC. The average Bonchev–Trinajstić information content (AvgIpc) is 2.39. The summed E-state index contributed by atoms with van der Waals surface area (Å²) in [7, 11) is 3.58. The molecule has 0 aromatic carbocycles. The first-order valence-electron chi connectivity index (χ1n) is 5.73. The van der Waals surface area contributed by atoms with Gasteiger partial charge in [-0.25, -0.2) is 4.99 Å². The van der Waals surface area contributed by atoms with Crippen LogP contribution in [0.25, 0.3) is 0 Å². The molecule has 0 bridgehead atoms. The van der Waals surface area contributed by atoms with Gasteiger partial charge in [-0.2, -0.15) is 0 Å². The Bertz CT molecular complexity index is 412. The smallest absolute Gasteiger partial charge is 0.172 e. The maximum absolute atomic E-state index is 5.66. The molecular weight excluding hydrogens is 224 g/mol. The van der Waals surface area contributed by atoms with Crippen molar-refractivity contribution >= 4 is 12.1 Å². The van der Waals surface area contributed by atoms with E-state index >= 15 is 0 Å². The molecule has 98 valence electrons. The number of hydrogen-bond donors (Lipinski definition) is 1. The molecule has 0 amide bonds. The topological polar surface area (TPSA) is 54.0 Å². The van der Waals surface area contributed by atoms with Gasteiger partial charge in [0.25, 0.3) is 0 Å². The van der Waals surface area contributed by atoms with Crippen LogP contribution in [0.1, 0.15) is 13.8 Å². The van der Waals surface area contributed by atoms with Crippen molar-refractivity contribution in [2.24, 2.45) is 15.7 Å². The second-order valence-electron chi connectivity index (χ2n) is 3.37. The van der Waals surface area contributed by atoms with E-state index in [2.05, 4.69) is 16.6 Å². The second kappa shape index (κ2) is 8.98. The van der Waals surface area contributed by atoms with E-state index in [-0.39, 0.29) is 0 Å². The Balaban J connectivity index is 5.37. The summed E-state index contributed by atoms with van der Waals surface area (Å²) in [5.74, 6) is 0.579. The molecule has 0 heterocycles. The van der Waals surface area contributed by atoms with Gasteiger partial charge in [-0.3, -0.25) is 4.99 Å². The Morgan fingerprint density at radius 2 is 2.00 bits per heavy atom. The molecule has 0 aliphatic rings. The van der Waals surface area contributed by atoms with Gasteiger partial charge in [0, 0.05) is 32.2 Å². The van der Waals surface area contributed by atoms with Crippen LogP contribution in [-0.2, 0) is 0 Å². The number of rotatable bonds is 5. The van der Waals surface area contributed by atoms with Crippen molar-refractivity contribution in [3.63, 3.8) is 0 Å². The minimum Gasteiger partial charge on any atom is -0.403 e. The highest BCUT2D eigenvalue weighted by Crippen LogP contribution is 2.13. The first-order valence-corrected chi connectivity index (χ1v) is 5.73. The Kier molecular flexibility index (Phi) is 7.94. The zero-order valence-corrected chi connectivity index (χ0v) is 11.6. The zero-order chi connectivity index (χ0) is 14.0. The molecule has 0 fully saturated rings. The number of hydrogen-bond acceptors (Lipinski definition) is 3. The predicted octanol–water partition coefficient (Wildman–Crippen LogP) is 2.48. The van der Waals surface area contributed by atoms with Gasteiger partial charge in [-0.1, -0.05) is 18.7 Å². The number of amidine groups is 1. The minimum atomic E-state index is 0.579. The molecule has 0 spiro atoms. The Labute approximate surface area is 110 Å². The molecule has 18 heavy (non-hydrogen) atoms. The average molecular weight is 246 g/mol. The summed E-state index contributed by atoms with van der Waals surface area (Å²) in [5, 5.41) is 0. The number of likely N-dealkylation sites (N-methyl/N-ethyl adjacent to an activating group) is 1. The summed E-state index contributed by atoms with van der Waals surface area (Å²) in [4.78, 5) is 10.2. The molecule has 0 aliphatic carbocycles. The van der Waals surface area contributed by atoms with Gasteiger partial charge in [0.05, 0.1) is 0 Å². The molecule has 0 aromatic rings. The van der Waals surface area contributed by atoms with Crippen molar-refractivity contribution in [1.29, 1.82) is 0 Å². The Hall–Kier alpha value is -2.10. The van der Waals surface area contributed by atoms with E-state index in [1.54, 1.807) is 19.3 Å². The zero-order valence-electron chi connectivity index (χ0n) is 11.6. The van der Waals surface area contributed by atoms with Gasteiger partial charge in [-0.05, 0) is 26.0 Å². The fourth-order valence-corrected chi connectivity index (χ4v) is 1.35. The Morgan fingerprint density at radius 3 is 2.39 bits per heavy atom. The quantitative estimate of drug-likeness (QED) is 0.460. The fourth-order valence-electron chi connectivity index (χ4n) is 1.35. The monoisotopic (exact) mass is 246 g/mol. The molecule has 0 saturated heterocycles. The van der Waals surface area contributed by atoms with Crippen LogP contribution in [0, 0.1) is 0 Å². The van der Waals surface area contributed by atoms with Gasteiger partial charge < -0.3 is 10.6 Å². The van der Waals surface area contributed by atoms with Gasteiger partial charge in [0.15, 0.2) is 5.84 Å². The third-order valence-electron chi connectivity index (χ3n) is 2.27. The number of nitrogens with two attached hydrogens (primary N) is 1. The number of aliphatic imine (C=N–C) groups is 2. The largest absolute Gasteiger partial charge is 0.403 e. The normalized spacial score (nSPS) is 14.6. The molecule has 0 aromatic heterocycles. The molecule has 4 heteroatoms. The molecule has 0 unspecified atom stereocenters. The highest BCUT2D eigenvalue weighted by atomic mass is 15.2. The van der Waals surface area contributed by atoms with Crippen molar-refractivity contribution < 1.29 is 0 Å². The minimum absolute atomic E-state index is 0.579. The maximum atomic E-state index is 5.66. The lowest BCUT2D eigenvalue weighted by molar-refractivity contribution is 0.561. The first kappa shape index (κ1) is 15.9. The summed E-state index contributed by atoms with van der Waals surface area (Å²) in [6.07, 6.45) is 10.8. The van der Waals surface area contributed by atoms with E-state index in [0.29, 0.717) is 5.84 Å². The van der Waals surface area contributed by atoms with E-state index in [1.165, 1.54) is 6.20 Å². The number of allylic oxidation sites excluding steroid dienone is 4. The third-order valence-corrected chi connectivity index (χ3v) is 2.27. The first-order chi connectivity index (χ1) is 8.65. The molecule has 0 rings (SSSR count). The lowest BCUT2D eigenvalue weighted by Crippen LogP contribution is -2.23. The molecule has 4 nitrogen and oxygen atoms in total. The van der Waals surface area contributed by atoms with Gasteiger partial charge in [-0.15, -0.1) is 0 Å². The van der Waals surface area contributed by atoms with Crippen LogP contribution in [0.15, 0.2) is 58.5 Å². The van der Waals surface area contributed by atoms with Crippen LogP contribution >= 0.6 is 0 Å². The van der Waals surface area contributed by atoms with Gasteiger partial charge >= 0.3 is 0 Å². The van der Waals surface area contributed by atoms with Gasteiger partial charge in [0.1, 0.15) is 5.70 Å². The standard InChI is InChI=1S/C14H22N4/c1-6-9-10-12(7-2)18(5)13(11-15)14(16-4)17-8-3/h6-11H,2,15H2,1,3-5H3/b9-6-,12-10+,13-11?,16-14?,17-8?. The Morgan fingerprint density at radius 1 is 1.33 bits per heavy atom. The summed E-state index contributed by atoms with van der Waals surface area (Å²) in [6, 6.07) is 0. The summed E-state index contributed by atoms with van der Waals surface area (Å²) in [5.41, 5.74) is 7.31. The number of nitrogens with zero attached hydrogens (tertiary/aromatic N) is 3. The van der Waals surface area contributed by atoms with Crippen LogP contribution in [0.4, 0.5) is 0 Å². The van der Waals surface area contributed by atoms with Crippen molar-refractivity contribution in [1.82, 2.24) is 4.90 Å². The lowest BCUT2D eigenvalue weighted by Gasteiger charge is -2.22. The predicted molar refractivity (Wildman–Crippen MR) is 80.7 cm³/mol. The highest BCUT2D eigenvalue weighted by molar-refractivity contribution is 6.02. The van der Waals surface area contributed by atoms with Crippen molar-refractivity contribution in [3.05, 3.63) is 48.5 Å². The second-order valence-corrected chi connectivity index (χ2v) is 3.37. The van der Waals surface area contributed by atoms with Crippen LogP contribution < -0.4 is 5.73 Å². The fraction of sp³-hybridized carbons (Fsp3) is 0.286. The van der Waals surface area contributed by atoms with Crippen molar-refractivity contribution in [2.45, 2.75) is 13.8 Å². The summed E-state index contributed by atoms with van der Waals surface area (Å²) >= 11 is 0. The molecular formula is C14H22N4. The van der Waals surface area contributed by atoms with Crippen LogP contribution in [-0.4, -0.2) is 31.0 Å². The van der Waals surface area contributed by atoms with Gasteiger partial charge in [0.2, 0.25) is 0 Å². The lowest BCUT2D eigenvalue weighted by atomic mass is 10.2. The third kappa shape index (κ3) is 4.41. The van der Waals surface area contributed by atoms with E-state index in [0.717, 1.165) is 11.4 Å². The van der Waals surface area contributed by atoms with E-state index in [1.807, 2.05) is 44.0 Å². The van der Waals surface area contributed by atoms with Crippen molar-refractivity contribution in [3.8, 4) is 0 Å². The van der Waals surface area contributed by atoms with Crippen molar-refractivity contribution in [2.75, 3.05) is 14.1 Å². The van der Waals surface area contributed by atoms with Crippen LogP contribution in [0.2, 0.25) is 0 Å². The highest BCUT2D eigenvalue weighted by Gasteiger charge is 2.11. The summed E-state index contributed by atoms with van der Waals surface area (Å²) in [6.45, 7) is 7.58. The van der Waals surface area contributed by atoms with Crippen LogP contribution in [0.5, 0.6) is 0 Å². The summed E-state index contributed by atoms with van der Waals surface area (Å²) < 4.78 is 0. The molecule has 0 aliphatic heterocycles.